The molecule has 0 saturated carbocycles. The van der Waals surface area contributed by atoms with E-state index in [2.05, 4.69) is 5.10 Å². The summed E-state index contributed by atoms with van der Waals surface area (Å²) in [5, 5.41) is 4.16. The SMILES string of the molecule is [2H]c1c(C)nn([2H])c1[2H]. The minimum Gasteiger partial charge on any atom is -0.285 e. The normalized spacial score (nSPS) is 15.8. The van der Waals surface area contributed by atoms with Gasteiger partial charge < -0.3 is 0 Å². The highest BCUT2D eigenvalue weighted by Gasteiger charge is 1.74. The molecule has 1 heterocycles. The second kappa shape index (κ2) is 1.12. The molecule has 0 fully saturated rings. The van der Waals surface area contributed by atoms with Gasteiger partial charge in [-0.3, -0.25) is 5.09 Å². The van der Waals surface area contributed by atoms with E-state index in [1.165, 1.54) is 0 Å². The molecule has 0 radical (unpaired) electrons. The van der Waals surface area contributed by atoms with Crippen molar-refractivity contribution in [1.82, 2.24) is 10.2 Å². The largest absolute Gasteiger partial charge is 0.285 e. The lowest BCUT2D eigenvalue weighted by molar-refractivity contribution is 1.05. The van der Waals surface area contributed by atoms with E-state index in [0.29, 0.717) is 10.8 Å². The van der Waals surface area contributed by atoms with E-state index in [1.807, 2.05) is 0 Å². The van der Waals surface area contributed by atoms with Gasteiger partial charge in [-0.2, -0.15) is 5.10 Å². The monoisotopic (exact) mass is 85.1 g/mol. The Morgan fingerprint density at radius 1 is 2.33 bits per heavy atom. The predicted octanol–water partition coefficient (Wildman–Crippen LogP) is 0.718. The number of hydrogen-bond acceptors (Lipinski definition) is 1. The van der Waals surface area contributed by atoms with Crippen LogP contribution in [0.3, 0.4) is 0 Å². The van der Waals surface area contributed by atoms with Crippen LogP contribution in [0.4, 0.5) is 0 Å². The van der Waals surface area contributed by atoms with Gasteiger partial charge in [0.15, 0.2) is 1.41 Å². The maximum absolute atomic E-state index is 7.07. The molecule has 0 bridgehead atoms. The van der Waals surface area contributed by atoms with Crippen LogP contribution < -0.4 is 0 Å². The van der Waals surface area contributed by atoms with Crippen molar-refractivity contribution in [2.24, 2.45) is 0 Å². The van der Waals surface area contributed by atoms with Crippen molar-refractivity contribution < 1.29 is 4.15 Å². The summed E-state index contributed by atoms with van der Waals surface area (Å²) in [6.45, 7) is 1.60. The van der Waals surface area contributed by atoms with Gasteiger partial charge in [0.05, 0.1) is 8.44 Å². The maximum atomic E-state index is 7.07. The Kier molecular flexibility index (Phi) is 0.257. The second-order valence-corrected chi connectivity index (χ2v) is 1.02. The number of aryl methyl sites for hydroxylation is 1. The van der Waals surface area contributed by atoms with Crippen LogP contribution >= 0.6 is 0 Å². The van der Waals surface area contributed by atoms with Crippen molar-refractivity contribution in [3.05, 3.63) is 17.9 Å². The lowest BCUT2D eigenvalue weighted by Gasteiger charge is -1.65. The van der Waals surface area contributed by atoms with E-state index in [4.69, 9.17) is 4.15 Å². The molecule has 0 amide bonds. The van der Waals surface area contributed by atoms with Crippen LogP contribution in [0, 0.1) is 6.92 Å². The highest BCUT2D eigenvalue weighted by atomic mass is 15.1. The second-order valence-electron chi connectivity index (χ2n) is 1.02. The van der Waals surface area contributed by atoms with Crippen LogP contribution in [0.5, 0.6) is 0 Å². The molecule has 2 heteroatoms. The van der Waals surface area contributed by atoms with E-state index in [-0.39, 0.29) is 12.2 Å². The summed E-state index contributed by atoms with van der Waals surface area (Å²) in [6, 6.07) is 0.0324. The third-order valence-corrected chi connectivity index (χ3v) is 0.487. The molecule has 32 valence electrons. The van der Waals surface area contributed by atoms with Crippen LogP contribution in [0.15, 0.2) is 12.2 Å². The smallest absolute Gasteiger partial charge is 0.189 e. The minimum absolute atomic E-state index is 0.0324. The van der Waals surface area contributed by atoms with E-state index in [9.17, 15) is 0 Å². The lowest BCUT2D eigenvalue weighted by Crippen LogP contribution is -1.65. The standard InChI is InChI=1S/C4H6N2/c1-4-2-3-5-6-4/h2-3H,1H3,(H,5,6)/i2D,3D/hD. The molecule has 1 N–H and O–H groups in total. The van der Waals surface area contributed by atoms with Crippen molar-refractivity contribution in [1.29, 1.82) is 0 Å². The zero-order valence-electron chi connectivity index (χ0n) is 6.39. The van der Waals surface area contributed by atoms with E-state index in [0.717, 1.165) is 0 Å². The molecule has 6 heavy (non-hydrogen) atoms. The summed E-state index contributed by atoms with van der Waals surface area (Å²) < 4.78 is 20.9. The van der Waals surface area contributed by atoms with Gasteiger partial charge in [-0.05, 0) is 13.0 Å². The van der Waals surface area contributed by atoms with Gasteiger partial charge in [0.25, 0.3) is 0 Å². The molecular weight excluding hydrogens is 76.1 g/mol. The highest BCUT2D eigenvalue weighted by Crippen LogP contribution is 1.82. The maximum Gasteiger partial charge on any atom is 0.189 e. The summed E-state index contributed by atoms with van der Waals surface area (Å²) in [5.41, 5.74) is 0.426. The van der Waals surface area contributed by atoms with Crippen molar-refractivity contribution >= 4 is 0 Å². The van der Waals surface area contributed by atoms with Gasteiger partial charge in [0.2, 0.25) is 0 Å². The fourth-order valence-corrected chi connectivity index (χ4v) is 0.231. The topological polar surface area (TPSA) is 28.7 Å². The third kappa shape index (κ3) is 0.407. The number of aromatic amines is 1. The summed E-state index contributed by atoms with van der Waals surface area (Å²) in [7, 11) is 0. The Bertz CT molecular complexity index is 207. The average Bonchev–Trinajstić information content (AvgIpc) is 1.98. The molecule has 1 aromatic rings. The van der Waals surface area contributed by atoms with E-state index < -0.39 is 0 Å². The molecule has 0 atom stereocenters. The van der Waals surface area contributed by atoms with E-state index >= 15 is 0 Å². The first kappa shape index (κ1) is 1.37. The van der Waals surface area contributed by atoms with Gasteiger partial charge in [0, 0.05) is 6.17 Å². The number of H-pyrrole nitrogens is 1. The number of nitrogens with one attached hydrogen (secondary N) is 1. The third-order valence-electron chi connectivity index (χ3n) is 0.487. The van der Waals surface area contributed by atoms with Crippen molar-refractivity contribution in [3.8, 4) is 0 Å². The first-order valence-electron chi connectivity index (χ1n) is 3.09. The molecule has 1 aromatic heterocycles. The summed E-state index contributed by atoms with van der Waals surface area (Å²) in [4.78, 5) is 0. The fraction of sp³-hybridized carbons (Fsp3) is 0.250. The molecule has 2 nitrogen and oxygen atoms in total. The molecular formula is C4H6N2. The zero-order valence-corrected chi connectivity index (χ0v) is 3.39. The van der Waals surface area contributed by atoms with Gasteiger partial charge in [-0.1, -0.05) is 0 Å². The number of rotatable bonds is 0. The fourth-order valence-electron chi connectivity index (χ4n) is 0.231. The van der Waals surface area contributed by atoms with Gasteiger partial charge in [-0.15, -0.1) is 0 Å². The van der Waals surface area contributed by atoms with Crippen LogP contribution in [-0.2, 0) is 0 Å². The van der Waals surface area contributed by atoms with Crippen LogP contribution in [0.25, 0.3) is 0 Å². The van der Waals surface area contributed by atoms with Crippen molar-refractivity contribution in [3.63, 3.8) is 0 Å². The van der Waals surface area contributed by atoms with Crippen molar-refractivity contribution in [2.45, 2.75) is 6.92 Å². The summed E-state index contributed by atoms with van der Waals surface area (Å²) in [5.74, 6) is 0. The van der Waals surface area contributed by atoms with E-state index in [1.54, 1.807) is 6.92 Å². The number of hydrogen-bond donors (Lipinski definition) is 1. The highest BCUT2D eigenvalue weighted by molar-refractivity contribution is 4.91. The Balaban J connectivity index is 3.29. The first-order valence-corrected chi connectivity index (χ1v) is 1.65. The van der Waals surface area contributed by atoms with Crippen molar-refractivity contribution in [2.75, 3.05) is 0 Å². The van der Waals surface area contributed by atoms with Gasteiger partial charge >= 0.3 is 0 Å². The van der Waals surface area contributed by atoms with Crippen LogP contribution in [0.2, 0.25) is 1.41 Å². The summed E-state index contributed by atoms with van der Waals surface area (Å²) in [6.07, 6.45) is -0.160. The van der Waals surface area contributed by atoms with Gasteiger partial charge in [0.1, 0.15) is 0 Å². The lowest BCUT2D eigenvalue weighted by atomic mass is 10.5. The minimum atomic E-state index is -0.160. The summed E-state index contributed by atoms with van der Waals surface area (Å²) >= 11 is 0. The molecule has 1 rings (SSSR count). The quantitative estimate of drug-likeness (QED) is 0.494. The Hall–Kier alpha value is -0.790. The molecule has 0 saturated heterocycles. The first-order chi connectivity index (χ1) is 4.13. The number of nitrogens with zero attached hydrogens (tertiary/aromatic N) is 1. The zero-order chi connectivity index (χ0) is 7.02. The van der Waals surface area contributed by atoms with Crippen LogP contribution in [0.1, 0.15) is 8.44 Å². The molecule has 0 spiro atoms. The van der Waals surface area contributed by atoms with Gasteiger partial charge in [-0.25, -0.2) is 0 Å². The Morgan fingerprint density at radius 2 is 3.17 bits per heavy atom. The average molecular weight is 85.1 g/mol. The molecule has 0 aliphatic heterocycles. The Morgan fingerprint density at radius 3 is 3.33 bits per heavy atom. The molecule has 0 aromatic carbocycles. The molecule has 0 aliphatic rings. The molecule has 0 unspecified atom stereocenters. The predicted molar refractivity (Wildman–Crippen MR) is 23.3 cm³/mol. The van der Waals surface area contributed by atoms with Crippen LogP contribution in [-0.4, -0.2) is 10.2 Å². The Labute approximate surface area is 40.5 Å². The molecule has 0 aliphatic carbocycles. The number of aromatic nitrogens is 2.